The Balaban J connectivity index is 1.14. The van der Waals surface area contributed by atoms with Crippen LogP contribution < -0.4 is 10.6 Å². The maximum atomic E-state index is 13.8. The number of β-amino-alcohol motifs (C(OH)–C–C–N with tert-alkyl or cyclic N) is 1. The van der Waals surface area contributed by atoms with Crippen LogP contribution in [0, 0.1) is 5.92 Å². The second-order valence-electron chi connectivity index (χ2n) is 13.3. The number of furan rings is 1. The van der Waals surface area contributed by atoms with Gasteiger partial charge >= 0.3 is 6.18 Å². The van der Waals surface area contributed by atoms with E-state index in [-0.39, 0.29) is 32.0 Å². The van der Waals surface area contributed by atoms with Crippen LogP contribution in [-0.2, 0) is 29.0 Å². The normalized spacial score (nSPS) is 20.8. The molecule has 2 amide bonds. The lowest BCUT2D eigenvalue weighted by atomic mass is 9.91. The molecule has 270 valence electrons. The van der Waals surface area contributed by atoms with Crippen LogP contribution in [0.1, 0.15) is 34.9 Å². The number of amides is 2. The van der Waals surface area contributed by atoms with Gasteiger partial charge in [-0.3, -0.25) is 24.4 Å². The van der Waals surface area contributed by atoms with E-state index in [1.54, 1.807) is 29.3 Å². The van der Waals surface area contributed by atoms with E-state index in [0.29, 0.717) is 43.1 Å². The number of rotatable bonds is 13. The lowest BCUT2D eigenvalue weighted by Crippen LogP contribution is -2.60. The molecule has 10 nitrogen and oxygen atoms in total. The predicted molar refractivity (Wildman–Crippen MR) is 183 cm³/mol. The molecule has 1 fully saturated rings. The first-order valence-corrected chi connectivity index (χ1v) is 17.1. The molecule has 0 bridgehead atoms. The summed E-state index contributed by atoms with van der Waals surface area (Å²) < 4.78 is 45.3. The van der Waals surface area contributed by atoms with E-state index in [0.717, 1.165) is 16.7 Å². The Bertz CT molecular complexity index is 1760. The molecule has 5 atom stereocenters. The number of hydrogen-bond donors (Lipinski definition) is 4. The molecule has 1 aliphatic heterocycles. The third-order valence-electron chi connectivity index (χ3n) is 9.50. The number of carbonyl (C=O) groups excluding carboxylic acids is 2. The van der Waals surface area contributed by atoms with Crippen molar-refractivity contribution in [3.8, 4) is 11.5 Å². The summed E-state index contributed by atoms with van der Waals surface area (Å²) in [6.45, 7) is -0.335. The Kier molecular flexibility index (Phi) is 11.5. The van der Waals surface area contributed by atoms with Crippen LogP contribution in [0.2, 0.25) is 0 Å². The maximum absolute atomic E-state index is 13.8. The topological polar surface area (TPSA) is 131 Å². The summed E-state index contributed by atoms with van der Waals surface area (Å²) in [6.07, 6.45) is -4.03. The quantitative estimate of drug-likeness (QED) is 0.165. The van der Waals surface area contributed by atoms with Crippen molar-refractivity contribution >= 4 is 11.8 Å². The van der Waals surface area contributed by atoms with Crippen molar-refractivity contribution in [2.24, 2.45) is 5.92 Å². The van der Waals surface area contributed by atoms with Gasteiger partial charge in [0.25, 0.3) is 0 Å². The molecule has 3 heterocycles. The summed E-state index contributed by atoms with van der Waals surface area (Å²) in [7, 11) is 0. The van der Waals surface area contributed by atoms with Gasteiger partial charge in [-0.2, -0.15) is 13.2 Å². The van der Waals surface area contributed by atoms with Gasteiger partial charge in [0, 0.05) is 44.7 Å². The predicted octanol–water partition coefficient (Wildman–Crippen LogP) is 3.89. The zero-order chi connectivity index (χ0) is 36.0. The monoisotopic (exact) mass is 705 g/mol. The number of nitrogens with zero attached hydrogens (tertiary/aromatic N) is 3. The van der Waals surface area contributed by atoms with Crippen molar-refractivity contribution in [2.45, 2.75) is 56.3 Å². The highest BCUT2D eigenvalue weighted by molar-refractivity contribution is 5.82. The standard InChI is InChI=1S/C38H42F3N5O5/c39-38(40,41)24-43-37(50)32-23-45(22-29-13-14-34(51-29)31-12-6-7-15-42-31)16-17-46(32)21-28(47)19-27(18-25-8-2-1-3-9-25)36(49)44-35-30-11-5-4-10-26(30)20-33(35)48/h1-15,27-28,32-33,35,47-48H,16-24H2,(H,43,50)(H,44,49)/t27-,28+,32+,33-,35+/m1/s1. The van der Waals surface area contributed by atoms with Gasteiger partial charge in [0.15, 0.2) is 5.76 Å². The molecule has 6 rings (SSSR count). The molecule has 2 aliphatic rings. The van der Waals surface area contributed by atoms with Crippen LogP contribution in [0.4, 0.5) is 13.2 Å². The van der Waals surface area contributed by atoms with Gasteiger partial charge in [-0.05, 0) is 53.8 Å². The van der Waals surface area contributed by atoms with E-state index in [2.05, 4.69) is 10.3 Å². The highest BCUT2D eigenvalue weighted by Crippen LogP contribution is 2.32. The zero-order valence-corrected chi connectivity index (χ0v) is 28.0. The third-order valence-corrected chi connectivity index (χ3v) is 9.50. The number of fused-ring (bicyclic) bond motifs is 1. The fourth-order valence-electron chi connectivity index (χ4n) is 7.00. The van der Waals surface area contributed by atoms with Gasteiger partial charge in [0.05, 0.1) is 24.8 Å². The lowest BCUT2D eigenvalue weighted by Gasteiger charge is -2.41. The number of benzene rings is 2. The molecule has 0 radical (unpaired) electrons. The van der Waals surface area contributed by atoms with Crippen LogP contribution in [0.15, 0.2) is 95.5 Å². The molecular weight excluding hydrogens is 663 g/mol. The molecule has 0 unspecified atom stereocenters. The minimum Gasteiger partial charge on any atom is -0.458 e. The van der Waals surface area contributed by atoms with Crippen molar-refractivity contribution < 1.29 is 37.4 Å². The van der Waals surface area contributed by atoms with Crippen LogP contribution >= 0.6 is 0 Å². The van der Waals surface area contributed by atoms with Crippen LogP contribution in [0.5, 0.6) is 0 Å². The summed E-state index contributed by atoms with van der Waals surface area (Å²) in [5, 5.41) is 27.2. The number of alkyl halides is 3. The van der Waals surface area contributed by atoms with E-state index in [4.69, 9.17) is 4.42 Å². The number of piperazine rings is 1. The number of aliphatic hydroxyl groups is 2. The third kappa shape index (κ3) is 9.61. The van der Waals surface area contributed by atoms with E-state index in [9.17, 15) is 33.0 Å². The maximum Gasteiger partial charge on any atom is 0.405 e. The molecule has 2 aromatic heterocycles. The Hall–Kier alpha value is -4.56. The molecule has 0 spiro atoms. The summed E-state index contributed by atoms with van der Waals surface area (Å²) in [5.41, 5.74) is 3.37. The first-order chi connectivity index (χ1) is 24.5. The fourth-order valence-corrected chi connectivity index (χ4v) is 7.00. The van der Waals surface area contributed by atoms with Crippen molar-refractivity contribution in [3.05, 3.63) is 114 Å². The summed E-state index contributed by atoms with van der Waals surface area (Å²) in [5.74, 6) is -0.624. The highest BCUT2D eigenvalue weighted by Gasteiger charge is 2.38. The largest absolute Gasteiger partial charge is 0.458 e. The fraction of sp³-hybridized carbons (Fsp3) is 0.395. The zero-order valence-electron chi connectivity index (χ0n) is 28.0. The van der Waals surface area contributed by atoms with E-state index < -0.39 is 48.8 Å². The number of aliphatic hydroxyl groups excluding tert-OH is 2. The van der Waals surface area contributed by atoms with Crippen molar-refractivity contribution in [3.63, 3.8) is 0 Å². The minimum absolute atomic E-state index is 0.0318. The average Bonchev–Trinajstić information content (AvgIpc) is 3.71. The summed E-state index contributed by atoms with van der Waals surface area (Å²) in [6, 6.07) is 24.4. The number of nitrogens with one attached hydrogen (secondary N) is 2. The smallest absolute Gasteiger partial charge is 0.405 e. The van der Waals surface area contributed by atoms with Crippen molar-refractivity contribution in [1.29, 1.82) is 0 Å². The van der Waals surface area contributed by atoms with Gasteiger partial charge in [0.2, 0.25) is 11.8 Å². The number of halogens is 3. The number of pyridine rings is 1. The molecule has 13 heteroatoms. The van der Waals surface area contributed by atoms with Gasteiger partial charge in [0.1, 0.15) is 24.0 Å². The molecular formula is C38H42F3N5O5. The van der Waals surface area contributed by atoms with Gasteiger partial charge in [-0.25, -0.2) is 0 Å². The molecule has 51 heavy (non-hydrogen) atoms. The Morgan fingerprint density at radius 2 is 1.75 bits per heavy atom. The highest BCUT2D eigenvalue weighted by atomic mass is 19.4. The SMILES string of the molecule is O=C(N[C@H]1c2ccccc2C[C@H]1O)[C@H](Cc1ccccc1)C[C@H](O)CN1CCN(Cc2ccc(-c3ccccn3)o2)C[C@H]1C(=O)NCC(F)(F)F. The molecule has 2 aromatic carbocycles. The Morgan fingerprint density at radius 1 is 0.980 bits per heavy atom. The lowest BCUT2D eigenvalue weighted by molar-refractivity contribution is -0.143. The van der Waals surface area contributed by atoms with Crippen LogP contribution in [0.25, 0.3) is 11.5 Å². The number of hydrogen-bond acceptors (Lipinski definition) is 8. The van der Waals surface area contributed by atoms with E-state index >= 15 is 0 Å². The Labute approximate surface area is 294 Å². The van der Waals surface area contributed by atoms with Crippen molar-refractivity contribution in [1.82, 2.24) is 25.4 Å². The van der Waals surface area contributed by atoms with Crippen LogP contribution in [0.3, 0.4) is 0 Å². The second-order valence-corrected chi connectivity index (χ2v) is 13.3. The molecule has 4 aromatic rings. The van der Waals surface area contributed by atoms with Crippen molar-refractivity contribution in [2.75, 3.05) is 32.7 Å². The van der Waals surface area contributed by atoms with Gasteiger partial charge < -0.3 is 25.3 Å². The molecule has 0 saturated carbocycles. The summed E-state index contributed by atoms with van der Waals surface area (Å²) in [4.78, 5) is 35.0. The summed E-state index contributed by atoms with van der Waals surface area (Å²) >= 11 is 0. The first kappa shape index (κ1) is 36.2. The Morgan fingerprint density at radius 3 is 2.51 bits per heavy atom. The molecule has 1 saturated heterocycles. The molecule has 4 N–H and O–H groups in total. The van der Waals surface area contributed by atoms with E-state index in [1.807, 2.05) is 76.9 Å². The number of aromatic nitrogens is 1. The first-order valence-electron chi connectivity index (χ1n) is 17.1. The van der Waals surface area contributed by atoms with Gasteiger partial charge in [-0.1, -0.05) is 60.7 Å². The van der Waals surface area contributed by atoms with E-state index in [1.165, 1.54) is 0 Å². The average molecular weight is 706 g/mol. The second kappa shape index (κ2) is 16.2. The minimum atomic E-state index is -4.59. The van der Waals surface area contributed by atoms with Crippen LogP contribution in [-0.4, -0.2) is 94.0 Å². The molecule has 1 aliphatic carbocycles. The number of carbonyl (C=O) groups is 2. The van der Waals surface area contributed by atoms with Gasteiger partial charge in [-0.15, -0.1) is 0 Å².